The minimum atomic E-state index is -0.220. The summed E-state index contributed by atoms with van der Waals surface area (Å²) < 4.78 is 13.2. The number of rotatable bonds is 9. The summed E-state index contributed by atoms with van der Waals surface area (Å²) in [5, 5.41) is 10.5. The SMILES string of the molecule is COCC[C@H]1C[C@@H](NC(=O)c2cc(Oc3ccc4c(c3)nc(Nc3ccc(Cl)cc3)n4C)ccn2)CN1. The number of hydrogen-bond acceptors (Lipinski definition) is 7. The summed E-state index contributed by atoms with van der Waals surface area (Å²) in [5.41, 5.74) is 2.93. The predicted molar refractivity (Wildman–Crippen MR) is 144 cm³/mol. The van der Waals surface area contributed by atoms with Crippen LogP contribution >= 0.6 is 11.6 Å². The molecule has 10 heteroatoms. The van der Waals surface area contributed by atoms with Gasteiger partial charge in [-0.05, 0) is 55.3 Å². The van der Waals surface area contributed by atoms with Gasteiger partial charge in [0.1, 0.15) is 17.2 Å². The first-order valence-electron chi connectivity index (χ1n) is 12.1. The molecule has 0 radical (unpaired) electrons. The molecule has 2 aromatic carbocycles. The number of amides is 1. The smallest absolute Gasteiger partial charge is 0.270 e. The molecule has 2 aromatic heterocycles. The standard InChI is InChI=1S/C27H29ClN6O3/c1-34-25-8-7-21(14-23(25)33-27(34)32-18-5-3-17(28)4-6-18)37-22-9-11-29-24(15-22)26(35)31-20-13-19(30-16-20)10-12-36-2/h3-9,11,14-15,19-20,30H,10,12-13,16H2,1-2H3,(H,31,35)(H,32,33)/t19-,20+/m0/s1. The average Bonchev–Trinajstić information content (AvgIpc) is 3.47. The third-order valence-corrected chi connectivity index (χ3v) is 6.63. The summed E-state index contributed by atoms with van der Waals surface area (Å²) in [6.45, 7) is 1.43. The van der Waals surface area contributed by atoms with E-state index >= 15 is 0 Å². The van der Waals surface area contributed by atoms with Crippen LogP contribution in [0.3, 0.4) is 0 Å². The number of ether oxygens (including phenoxy) is 2. The molecule has 5 rings (SSSR count). The first-order valence-corrected chi connectivity index (χ1v) is 12.5. The molecule has 1 aliphatic rings. The summed E-state index contributed by atoms with van der Waals surface area (Å²) in [7, 11) is 3.64. The van der Waals surface area contributed by atoms with Crippen molar-refractivity contribution in [3.63, 3.8) is 0 Å². The van der Waals surface area contributed by atoms with Crippen LogP contribution in [0.15, 0.2) is 60.8 Å². The summed E-state index contributed by atoms with van der Waals surface area (Å²) in [5.74, 6) is 1.62. The molecule has 0 saturated carbocycles. The predicted octanol–water partition coefficient (Wildman–Crippen LogP) is 4.65. The first-order chi connectivity index (χ1) is 18.0. The molecule has 0 bridgehead atoms. The Kier molecular flexibility index (Phi) is 7.55. The second-order valence-electron chi connectivity index (χ2n) is 9.05. The maximum absolute atomic E-state index is 12.8. The Morgan fingerprint density at radius 1 is 1.16 bits per heavy atom. The van der Waals surface area contributed by atoms with Crippen molar-refractivity contribution in [3.8, 4) is 11.5 Å². The van der Waals surface area contributed by atoms with Gasteiger partial charge in [0.25, 0.3) is 5.91 Å². The topological polar surface area (TPSA) is 102 Å². The zero-order valence-electron chi connectivity index (χ0n) is 20.7. The van der Waals surface area contributed by atoms with Crippen LogP contribution in [0.2, 0.25) is 5.02 Å². The molecule has 3 N–H and O–H groups in total. The fourth-order valence-electron chi connectivity index (χ4n) is 4.42. The molecule has 37 heavy (non-hydrogen) atoms. The maximum atomic E-state index is 12.8. The number of carbonyl (C=O) groups excluding carboxylic acids is 1. The first kappa shape index (κ1) is 25.0. The van der Waals surface area contributed by atoms with Crippen LogP contribution in [0.1, 0.15) is 23.3 Å². The Morgan fingerprint density at radius 2 is 1.97 bits per heavy atom. The highest BCUT2D eigenvalue weighted by atomic mass is 35.5. The molecular weight excluding hydrogens is 492 g/mol. The largest absolute Gasteiger partial charge is 0.457 e. The van der Waals surface area contributed by atoms with Gasteiger partial charge in [0, 0.05) is 68.4 Å². The van der Waals surface area contributed by atoms with Crippen molar-refractivity contribution in [3.05, 3.63) is 71.5 Å². The molecule has 1 amide bonds. The summed E-state index contributed by atoms with van der Waals surface area (Å²) in [6.07, 6.45) is 3.36. The number of aromatic nitrogens is 3. The lowest BCUT2D eigenvalue weighted by atomic mass is 10.1. The number of methoxy groups -OCH3 is 1. The molecule has 0 unspecified atom stereocenters. The molecule has 4 aromatic rings. The third kappa shape index (κ3) is 6.02. The van der Waals surface area contributed by atoms with Gasteiger partial charge in [0.2, 0.25) is 5.95 Å². The van der Waals surface area contributed by atoms with E-state index in [1.807, 2.05) is 54.1 Å². The number of halogens is 1. The molecule has 2 atom stereocenters. The minimum Gasteiger partial charge on any atom is -0.457 e. The van der Waals surface area contributed by atoms with Crippen molar-refractivity contribution in [2.24, 2.45) is 7.05 Å². The highest BCUT2D eigenvalue weighted by molar-refractivity contribution is 6.30. The quantitative estimate of drug-likeness (QED) is 0.295. The van der Waals surface area contributed by atoms with E-state index in [0.717, 1.165) is 36.1 Å². The van der Waals surface area contributed by atoms with Gasteiger partial charge in [0.05, 0.1) is 11.0 Å². The van der Waals surface area contributed by atoms with E-state index in [2.05, 4.69) is 20.9 Å². The van der Waals surface area contributed by atoms with Gasteiger partial charge in [-0.2, -0.15) is 0 Å². The van der Waals surface area contributed by atoms with Crippen molar-refractivity contribution >= 4 is 40.2 Å². The number of aryl methyl sites for hydroxylation is 1. The lowest BCUT2D eigenvalue weighted by Crippen LogP contribution is -2.36. The van der Waals surface area contributed by atoms with Crippen LogP contribution in [0.4, 0.5) is 11.6 Å². The molecule has 1 saturated heterocycles. The number of nitrogens with zero attached hydrogens (tertiary/aromatic N) is 3. The Balaban J connectivity index is 1.25. The second-order valence-corrected chi connectivity index (χ2v) is 9.48. The highest BCUT2D eigenvalue weighted by Crippen LogP contribution is 2.28. The van der Waals surface area contributed by atoms with Crippen molar-refractivity contribution < 1.29 is 14.3 Å². The van der Waals surface area contributed by atoms with E-state index in [4.69, 9.17) is 26.1 Å². The lowest BCUT2D eigenvalue weighted by Gasteiger charge is -2.12. The molecule has 1 aliphatic heterocycles. The van der Waals surface area contributed by atoms with Crippen molar-refractivity contribution in [1.82, 2.24) is 25.2 Å². The zero-order chi connectivity index (χ0) is 25.8. The summed E-state index contributed by atoms with van der Waals surface area (Å²) in [6, 6.07) is 16.9. The lowest BCUT2D eigenvalue weighted by molar-refractivity contribution is 0.0934. The van der Waals surface area contributed by atoms with Crippen molar-refractivity contribution in [2.75, 3.05) is 25.6 Å². The molecule has 0 aliphatic carbocycles. The van der Waals surface area contributed by atoms with Crippen LogP contribution in [0, 0.1) is 0 Å². The van der Waals surface area contributed by atoms with Gasteiger partial charge < -0.3 is 30.0 Å². The number of pyridine rings is 1. The fourth-order valence-corrected chi connectivity index (χ4v) is 4.55. The van der Waals surface area contributed by atoms with Crippen LogP contribution in [0.5, 0.6) is 11.5 Å². The molecule has 3 heterocycles. The van der Waals surface area contributed by atoms with Gasteiger partial charge >= 0.3 is 0 Å². The minimum absolute atomic E-state index is 0.0583. The number of fused-ring (bicyclic) bond motifs is 1. The van der Waals surface area contributed by atoms with Gasteiger partial charge in [0.15, 0.2) is 0 Å². The number of hydrogen-bond donors (Lipinski definition) is 3. The van der Waals surface area contributed by atoms with E-state index < -0.39 is 0 Å². The Bertz CT molecular complexity index is 1390. The van der Waals surface area contributed by atoms with E-state index in [1.54, 1.807) is 25.4 Å². The molecule has 0 spiro atoms. The van der Waals surface area contributed by atoms with E-state index in [0.29, 0.717) is 40.8 Å². The Labute approximate surface area is 220 Å². The van der Waals surface area contributed by atoms with Gasteiger partial charge in [-0.15, -0.1) is 0 Å². The number of nitrogens with one attached hydrogen (secondary N) is 3. The Morgan fingerprint density at radius 3 is 2.78 bits per heavy atom. The van der Waals surface area contributed by atoms with Gasteiger partial charge in [-0.25, -0.2) is 4.98 Å². The van der Waals surface area contributed by atoms with Gasteiger partial charge in [-0.1, -0.05) is 11.6 Å². The van der Waals surface area contributed by atoms with Crippen molar-refractivity contribution in [1.29, 1.82) is 0 Å². The number of anilines is 2. The molecule has 192 valence electrons. The monoisotopic (exact) mass is 520 g/mol. The van der Waals surface area contributed by atoms with Crippen LogP contribution in [0.25, 0.3) is 11.0 Å². The molecule has 9 nitrogen and oxygen atoms in total. The normalized spacial score (nSPS) is 17.2. The second kappa shape index (κ2) is 11.2. The summed E-state index contributed by atoms with van der Waals surface area (Å²) >= 11 is 5.98. The zero-order valence-corrected chi connectivity index (χ0v) is 21.5. The van der Waals surface area contributed by atoms with E-state index in [-0.39, 0.29) is 11.9 Å². The van der Waals surface area contributed by atoms with Gasteiger partial charge in [-0.3, -0.25) is 9.78 Å². The average molecular weight is 521 g/mol. The third-order valence-electron chi connectivity index (χ3n) is 6.38. The number of imidazole rings is 1. The van der Waals surface area contributed by atoms with Crippen LogP contribution < -0.4 is 20.7 Å². The van der Waals surface area contributed by atoms with Crippen LogP contribution in [-0.4, -0.2) is 52.8 Å². The number of benzene rings is 2. The summed E-state index contributed by atoms with van der Waals surface area (Å²) in [4.78, 5) is 21.7. The van der Waals surface area contributed by atoms with Crippen molar-refractivity contribution in [2.45, 2.75) is 24.9 Å². The van der Waals surface area contributed by atoms with E-state index in [9.17, 15) is 4.79 Å². The molecular formula is C27H29ClN6O3. The van der Waals surface area contributed by atoms with Crippen LogP contribution in [-0.2, 0) is 11.8 Å². The van der Waals surface area contributed by atoms with E-state index in [1.165, 1.54) is 0 Å². The highest BCUT2D eigenvalue weighted by Gasteiger charge is 2.25. The molecule has 1 fully saturated rings. The maximum Gasteiger partial charge on any atom is 0.270 e. The fraction of sp³-hybridized carbons (Fsp3) is 0.296. The number of carbonyl (C=O) groups is 1. The Hall–Kier alpha value is -3.66.